The molecule has 23 heavy (non-hydrogen) atoms. The molecule has 0 aliphatic carbocycles. The molecule has 0 bridgehead atoms. The molecule has 1 heterocycles. The van der Waals surface area contributed by atoms with Crippen molar-refractivity contribution in [3.63, 3.8) is 0 Å². The molecule has 0 unspecified atom stereocenters. The van der Waals surface area contributed by atoms with Crippen molar-refractivity contribution < 1.29 is 19.4 Å². The highest BCUT2D eigenvalue weighted by Crippen LogP contribution is 2.18. The van der Waals surface area contributed by atoms with Crippen LogP contribution in [0.5, 0.6) is 5.75 Å². The zero-order chi connectivity index (χ0) is 16.8. The molecule has 1 aromatic rings. The Morgan fingerprint density at radius 3 is 2.52 bits per heavy atom. The molecule has 1 aliphatic rings. The van der Waals surface area contributed by atoms with E-state index < -0.39 is 5.97 Å². The highest BCUT2D eigenvalue weighted by molar-refractivity contribution is 6.30. The van der Waals surface area contributed by atoms with Crippen molar-refractivity contribution in [2.75, 3.05) is 19.6 Å². The summed E-state index contributed by atoms with van der Waals surface area (Å²) in [5.74, 6) is -0.431. The third-order valence-electron chi connectivity index (χ3n) is 3.82. The van der Waals surface area contributed by atoms with E-state index in [4.69, 9.17) is 21.4 Å². The maximum Gasteiger partial charge on any atom is 0.317 e. The SMILES string of the molecule is C[C@@H](CNC(=O)N1CCC(C(=O)O)CC1)Oc1ccc(Cl)cc1. The lowest BCUT2D eigenvalue weighted by Gasteiger charge is -2.30. The fourth-order valence-corrected chi connectivity index (χ4v) is 2.59. The fraction of sp³-hybridized carbons (Fsp3) is 0.500. The molecule has 1 fully saturated rings. The van der Waals surface area contributed by atoms with Crippen LogP contribution in [0.25, 0.3) is 0 Å². The predicted octanol–water partition coefficient (Wildman–Crippen LogP) is 2.61. The fourth-order valence-electron chi connectivity index (χ4n) is 2.46. The summed E-state index contributed by atoms with van der Waals surface area (Å²) in [6.45, 7) is 3.18. The third-order valence-corrected chi connectivity index (χ3v) is 4.08. The van der Waals surface area contributed by atoms with E-state index in [-0.39, 0.29) is 18.1 Å². The number of piperidine rings is 1. The number of carboxylic acids is 1. The first-order valence-corrected chi connectivity index (χ1v) is 8.01. The summed E-state index contributed by atoms with van der Waals surface area (Å²) in [5.41, 5.74) is 0. The van der Waals surface area contributed by atoms with Gasteiger partial charge in [0.05, 0.1) is 12.5 Å². The molecule has 1 saturated heterocycles. The summed E-state index contributed by atoms with van der Waals surface area (Å²) in [6, 6.07) is 6.86. The molecule has 0 aromatic heterocycles. The number of nitrogens with zero attached hydrogens (tertiary/aromatic N) is 1. The minimum absolute atomic E-state index is 0.180. The number of carboxylic acid groups (broad SMARTS) is 1. The Morgan fingerprint density at radius 2 is 1.96 bits per heavy atom. The van der Waals surface area contributed by atoms with Gasteiger partial charge in [0, 0.05) is 18.1 Å². The molecule has 0 spiro atoms. The number of urea groups is 1. The number of hydrogen-bond donors (Lipinski definition) is 2. The molecule has 2 rings (SSSR count). The second kappa shape index (κ2) is 8.06. The number of nitrogens with one attached hydrogen (secondary N) is 1. The maximum atomic E-state index is 12.1. The Hall–Kier alpha value is -1.95. The minimum atomic E-state index is -0.782. The summed E-state index contributed by atoms with van der Waals surface area (Å²) in [7, 11) is 0. The molecule has 6 nitrogen and oxygen atoms in total. The number of hydrogen-bond acceptors (Lipinski definition) is 3. The molecule has 2 N–H and O–H groups in total. The summed E-state index contributed by atoms with van der Waals surface area (Å²) < 4.78 is 5.69. The van der Waals surface area contributed by atoms with Gasteiger partial charge in [-0.05, 0) is 44.0 Å². The van der Waals surface area contributed by atoms with Crippen LogP contribution in [-0.4, -0.2) is 47.7 Å². The van der Waals surface area contributed by atoms with Crippen LogP contribution >= 0.6 is 11.6 Å². The van der Waals surface area contributed by atoms with E-state index in [0.717, 1.165) is 0 Å². The molecule has 126 valence electrons. The zero-order valence-electron chi connectivity index (χ0n) is 13.0. The Balaban J connectivity index is 1.71. The number of likely N-dealkylation sites (tertiary alicyclic amines) is 1. The lowest BCUT2D eigenvalue weighted by atomic mass is 9.97. The zero-order valence-corrected chi connectivity index (χ0v) is 13.8. The van der Waals surface area contributed by atoms with E-state index in [2.05, 4.69) is 5.32 Å². The molecular formula is C16H21ClN2O4. The minimum Gasteiger partial charge on any atom is -0.489 e. The number of rotatable bonds is 5. The van der Waals surface area contributed by atoms with Crippen molar-refractivity contribution in [1.82, 2.24) is 10.2 Å². The van der Waals surface area contributed by atoms with E-state index in [9.17, 15) is 9.59 Å². The second-order valence-corrected chi connectivity index (χ2v) is 6.10. The smallest absolute Gasteiger partial charge is 0.317 e. The number of halogens is 1. The van der Waals surface area contributed by atoms with Crippen LogP contribution in [0.15, 0.2) is 24.3 Å². The molecule has 2 amide bonds. The lowest BCUT2D eigenvalue weighted by Crippen LogP contribution is -2.47. The van der Waals surface area contributed by atoms with Crippen molar-refractivity contribution in [3.05, 3.63) is 29.3 Å². The number of carbonyl (C=O) groups excluding carboxylic acids is 1. The van der Waals surface area contributed by atoms with Gasteiger partial charge in [-0.3, -0.25) is 4.79 Å². The summed E-state index contributed by atoms with van der Waals surface area (Å²) in [4.78, 5) is 24.6. The van der Waals surface area contributed by atoms with Gasteiger partial charge in [-0.25, -0.2) is 4.79 Å². The van der Waals surface area contributed by atoms with Crippen molar-refractivity contribution >= 4 is 23.6 Å². The molecular weight excluding hydrogens is 320 g/mol. The average molecular weight is 341 g/mol. The quantitative estimate of drug-likeness (QED) is 0.863. The van der Waals surface area contributed by atoms with Crippen molar-refractivity contribution in [2.45, 2.75) is 25.9 Å². The van der Waals surface area contributed by atoms with Gasteiger partial charge >= 0.3 is 12.0 Å². The van der Waals surface area contributed by atoms with Crippen LogP contribution in [0, 0.1) is 5.92 Å². The number of carbonyl (C=O) groups is 2. The van der Waals surface area contributed by atoms with Crippen LogP contribution in [0.4, 0.5) is 4.79 Å². The molecule has 0 saturated carbocycles. The van der Waals surface area contributed by atoms with E-state index in [0.29, 0.717) is 43.2 Å². The number of ether oxygens (including phenoxy) is 1. The van der Waals surface area contributed by atoms with E-state index in [1.54, 1.807) is 29.2 Å². The van der Waals surface area contributed by atoms with Gasteiger partial charge in [0.1, 0.15) is 11.9 Å². The van der Waals surface area contributed by atoms with Crippen LogP contribution in [0.2, 0.25) is 5.02 Å². The maximum absolute atomic E-state index is 12.1. The van der Waals surface area contributed by atoms with Gasteiger partial charge in [-0.1, -0.05) is 11.6 Å². The molecule has 7 heteroatoms. The molecule has 1 aliphatic heterocycles. The van der Waals surface area contributed by atoms with Crippen molar-refractivity contribution in [1.29, 1.82) is 0 Å². The van der Waals surface area contributed by atoms with E-state index >= 15 is 0 Å². The van der Waals surface area contributed by atoms with Gasteiger partial charge in [0.2, 0.25) is 0 Å². The molecule has 1 atom stereocenters. The number of aliphatic carboxylic acids is 1. The monoisotopic (exact) mass is 340 g/mol. The lowest BCUT2D eigenvalue weighted by molar-refractivity contribution is -0.143. The van der Waals surface area contributed by atoms with Gasteiger partial charge < -0.3 is 20.1 Å². The topological polar surface area (TPSA) is 78.9 Å². The van der Waals surface area contributed by atoms with Crippen LogP contribution in [-0.2, 0) is 4.79 Å². The second-order valence-electron chi connectivity index (χ2n) is 5.67. The highest BCUT2D eigenvalue weighted by atomic mass is 35.5. The molecule has 1 aromatic carbocycles. The van der Waals surface area contributed by atoms with E-state index in [1.807, 2.05) is 6.92 Å². The van der Waals surface area contributed by atoms with Gasteiger partial charge in [0.25, 0.3) is 0 Å². The molecule has 0 radical (unpaired) electrons. The summed E-state index contributed by atoms with van der Waals surface area (Å²) in [5, 5.41) is 12.4. The summed E-state index contributed by atoms with van der Waals surface area (Å²) in [6.07, 6.45) is 0.816. The standard InChI is InChI=1S/C16H21ClN2O4/c1-11(23-14-4-2-13(17)3-5-14)10-18-16(22)19-8-6-12(7-9-19)15(20)21/h2-5,11-12H,6-10H2,1H3,(H,18,22)(H,20,21)/t11-/m0/s1. The predicted molar refractivity (Wildman–Crippen MR) is 86.9 cm³/mol. The van der Waals surface area contributed by atoms with Crippen molar-refractivity contribution in [2.24, 2.45) is 5.92 Å². The van der Waals surface area contributed by atoms with E-state index in [1.165, 1.54) is 0 Å². The third kappa shape index (κ3) is 5.32. The average Bonchev–Trinajstić information content (AvgIpc) is 2.55. The Labute approximate surface area is 140 Å². The Morgan fingerprint density at radius 1 is 1.35 bits per heavy atom. The number of amides is 2. The first kappa shape index (κ1) is 17.4. The van der Waals surface area contributed by atoms with Gasteiger partial charge in [-0.2, -0.15) is 0 Å². The Bertz CT molecular complexity index is 542. The van der Waals surface area contributed by atoms with Gasteiger partial charge in [-0.15, -0.1) is 0 Å². The first-order chi connectivity index (χ1) is 11.0. The Kier molecular flexibility index (Phi) is 6.10. The van der Waals surface area contributed by atoms with Gasteiger partial charge in [0.15, 0.2) is 0 Å². The normalized spacial score (nSPS) is 16.7. The number of benzene rings is 1. The van der Waals surface area contributed by atoms with Crippen LogP contribution in [0.1, 0.15) is 19.8 Å². The summed E-state index contributed by atoms with van der Waals surface area (Å²) >= 11 is 5.81. The van der Waals surface area contributed by atoms with Crippen molar-refractivity contribution in [3.8, 4) is 5.75 Å². The van der Waals surface area contributed by atoms with Crippen LogP contribution in [0.3, 0.4) is 0 Å². The largest absolute Gasteiger partial charge is 0.489 e. The highest BCUT2D eigenvalue weighted by Gasteiger charge is 2.26. The van der Waals surface area contributed by atoms with Crippen LogP contribution < -0.4 is 10.1 Å². The first-order valence-electron chi connectivity index (χ1n) is 7.63.